The lowest BCUT2D eigenvalue weighted by Gasteiger charge is -2.29. The number of carbonyl (C=O) groups excluding carboxylic acids is 1. The van der Waals surface area contributed by atoms with Crippen molar-refractivity contribution in [2.24, 2.45) is 0 Å². The third kappa shape index (κ3) is 6.73. The molecule has 1 heterocycles. The zero-order valence-corrected chi connectivity index (χ0v) is 16.9. The fourth-order valence-electron chi connectivity index (χ4n) is 3.49. The molecule has 6 nitrogen and oxygen atoms in total. The minimum Gasteiger partial charge on any atom is -0.497 e. The molecule has 1 aliphatic heterocycles. The summed E-state index contributed by atoms with van der Waals surface area (Å²) < 4.78 is 24.6. The fraction of sp³-hybridized carbons (Fsp3) is 0.409. The van der Waals surface area contributed by atoms with Gasteiger partial charge in [0.05, 0.1) is 7.11 Å². The Balaban J connectivity index is 1.30. The van der Waals surface area contributed by atoms with Crippen molar-refractivity contribution < 1.29 is 28.5 Å². The normalized spacial score (nSPS) is 18.8. The Hall–Kier alpha value is -2.64. The van der Waals surface area contributed by atoms with Gasteiger partial charge in [-0.3, -0.25) is 4.79 Å². The summed E-state index contributed by atoms with van der Waals surface area (Å²) in [6.07, 6.45) is 0. The van der Waals surface area contributed by atoms with Crippen LogP contribution in [0.2, 0.25) is 0 Å². The van der Waals surface area contributed by atoms with Crippen LogP contribution in [0.25, 0.3) is 0 Å². The molecule has 29 heavy (non-hydrogen) atoms. The minimum absolute atomic E-state index is 0.0328. The Kier molecular flexibility index (Phi) is 7.84. The van der Waals surface area contributed by atoms with E-state index in [0.717, 1.165) is 44.2 Å². The second-order valence-electron chi connectivity index (χ2n) is 7.32. The summed E-state index contributed by atoms with van der Waals surface area (Å²) in [7, 11) is 1.65. The highest BCUT2D eigenvalue weighted by Crippen LogP contribution is 2.16. The summed E-state index contributed by atoms with van der Waals surface area (Å²) in [6.45, 7) is 6.21. The minimum atomic E-state index is -0.283. The van der Waals surface area contributed by atoms with Gasteiger partial charge in [-0.15, -0.1) is 0 Å². The number of carbonyl (C=O) groups is 1. The van der Waals surface area contributed by atoms with Crippen LogP contribution in [0.15, 0.2) is 48.5 Å². The van der Waals surface area contributed by atoms with E-state index in [2.05, 4.69) is 5.32 Å². The smallest absolute Gasteiger partial charge is 0.275 e. The number of ether oxygens (including phenoxy) is 2. The molecule has 2 aromatic rings. The molecule has 0 spiro atoms. The van der Waals surface area contributed by atoms with E-state index < -0.39 is 0 Å². The van der Waals surface area contributed by atoms with Gasteiger partial charge in [0, 0.05) is 12.1 Å². The second-order valence-corrected chi connectivity index (χ2v) is 7.32. The molecular formula is C22H30FN3O3+2. The lowest BCUT2D eigenvalue weighted by molar-refractivity contribution is -1.01. The van der Waals surface area contributed by atoms with Crippen LogP contribution in [0, 0.1) is 5.82 Å². The number of benzene rings is 2. The lowest BCUT2D eigenvalue weighted by atomic mass is 10.2. The Morgan fingerprint density at radius 1 is 1.00 bits per heavy atom. The number of halogens is 1. The zero-order chi connectivity index (χ0) is 20.5. The van der Waals surface area contributed by atoms with E-state index in [0.29, 0.717) is 18.7 Å². The van der Waals surface area contributed by atoms with Gasteiger partial charge >= 0.3 is 0 Å². The van der Waals surface area contributed by atoms with Gasteiger partial charge in [0.2, 0.25) is 0 Å². The molecule has 0 aliphatic carbocycles. The van der Waals surface area contributed by atoms with Gasteiger partial charge in [0.15, 0.2) is 6.54 Å². The summed E-state index contributed by atoms with van der Waals surface area (Å²) in [5.41, 5.74) is 0.516. The average molecular weight is 403 g/mol. The quantitative estimate of drug-likeness (QED) is 0.520. The highest BCUT2D eigenvalue weighted by atomic mass is 19.1. The van der Waals surface area contributed by atoms with Crippen LogP contribution in [-0.2, 0) is 11.3 Å². The zero-order valence-electron chi connectivity index (χ0n) is 16.9. The van der Waals surface area contributed by atoms with Gasteiger partial charge < -0.3 is 24.6 Å². The molecule has 0 aromatic heterocycles. The first-order valence-corrected chi connectivity index (χ1v) is 10.1. The van der Waals surface area contributed by atoms with E-state index in [1.165, 1.54) is 15.9 Å². The molecule has 0 bridgehead atoms. The van der Waals surface area contributed by atoms with Crippen molar-refractivity contribution >= 4 is 5.91 Å². The number of nitrogens with one attached hydrogen (secondary N) is 3. The third-order valence-electron chi connectivity index (χ3n) is 5.29. The highest BCUT2D eigenvalue weighted by molar-refractivity contribution is 5.76. The van der Waals surface area contributed by atoms with Crippen LogP contribution >= 0.6 is 0 Å². The summed E-state index contributed by atoms with van der Waals surface area (Å²) in [4.78, 5) is 14.9. The van der Waals surface area contributed by atoms with Crippen LogP contribution in [0.3, 0.4) is 0 Å². The van der Waals surface area contributed by atoms with Gasteiger partial charge in [-0.25, -0.2) is 4.39 Å². The summed E-state index contributed by atoms with van der Waals surface area (Å²) in [5, 5.41) is 2.82. The van der Waals surface area contributed by atoms with Crippen LogP contribution in [0.5, 0.6) is 11.5 Å². The van der Waals surface area contributed by atoms with E-state index in [-0.39, 0.29) is 18.3 Å². The largest absolute Gasteiger partial charge is 0.497 e. The Morgan fingerprint density at radius 2 is 1.66 bits per heavy atom. The van der Waals surface area contributed by atoms with Gasteiger partial charge in [0.1, 0.15) is 56.6 Å². The molecular weight excluding hydrogens is 373 g/mol. The van der Waals surface area contributed by atoms with Crippen LogP contribution in [0.1, 0.15) is 5.56 Å². The Morgan fingerprint density at radius 3 is 2.34 bits per heavy atom. The van der Waals surface area contributed by atoms with Crippen LogP contribution in [0.4, 0.5) is 4.39 Å². The van der Waals surface area contributed by atoms with Gasteiger partial charge in [-0.05, 0) is 30.3 Å². The van der Waals surface area contributed by atoms with Gasteiger partial charge in [0.25, 0.3) is 5.91 Å². The van der Waals surface area contributed by atoms with Gasteiger partial charge in [-0.1, -0.05) is 18.2 Å². The van der Waals surface area contributed by atoms with Gasteiger partial charge in [-0.2, -0.15) is 0 Å². The van der Waals surface area contributed by atoms with Crippen molar-refractivity contribution in [1.82, 2.24) is 5.32 Å². The maximum atomic E-state index is 13.6. The van der Waals surface area contributed by atoms with E-state index in [9.17, 15) is 9.18 Å². The third-order valence-corrected chi connectivity index (χ3v) is 5.29. The first-order chi connectivity index (χ1) is 14.1. The Labute approximate surface area is 171 Å². The number of hydrogen-bond donors (Lipinski definition) is 3. The number of hydrogen-bond acceptors (Lipinski definition) is 3. The molecule has 1 amide bonds. The molecule has 7 heteroatoms. The monoisotopic (exact) mass is 403 g/mol. The number of amides is 1. The fourth-order valence-corrected chi connectivity index (χ4v) is 3.49. The first kappa shape index (κ1) is 21.1. The predicted octanol–water partition coefficient (Wildman–Crippen LogP) is -0.687. The maximum Gasteiger partial charge on any atom is 0.275 e. The molecule has 1 saturated heterocycles. The van der Waals surface area contributed by atoms with Crippen molar-refractivity contribution in [3.05, 3.63) is 59.9 Å². The van der Waals surface area contributed by atoms with Crippen molar-refractivity contribution in [3.8, 4) is 11.5 Å². The van der Waals surface area contributed by atoms with Crippen LogP contribution in [-0.4, -0.2) is 58.9 Å². The molecule has 1 aliphatic rings. The topological polar surface area (TPSA) is 56.4 Å². The van der Waals surface area contributed by atoms with E-state index in [1.807, 2.05) is 24.3 Å². The van der Waals surface area contributed by atoms with E-state index in [1.54, 1.807) is 25.3 Å². The molecule has 0 atom stereocenters. The molecule has 1 fully saturated rings. The molecule has 0 saturated carbocycles. The van der Waals surface area contributed by atoms with Crippen molar-refractivity contribution in [2.75, 3.05) is 53.0 Å². The maximum absolute atomic E-state index is 13.6. The molecule has 3 rings (SSSR count). The molecule has 2 aromatic carbocycles. The molecule has 156 valence electrons. The number of methoxy groups -OCH3 is 1. The summed E-state index contributed by atoms with van der Waals surface area (Å²) in [6, 6.07) is 14.1. The number of piperazine rings is 1. The molecule has 0 unspecified atom stereocenters. The lowest BCUT2D eigenvalue weighted by Crippen LogP contribution is -3.28. The highest BCUT2D eigenvalue weighted by Gasteiger charge is 2.24. The second kappa shape index (κ2) is 10.8. The standard InChI is InChI=1S/C22H28FN3O3/c1-28-19-6-8-20(9-7-19)29-15-14-25-10-12-26(13-11-25)17-22(27)24-16-18-4-2-3-5-21(18)23/h2-9H,10-17H2,1H3,(H,24,27)/p+2. The van der Waals surface area contributed by atoms with Crippen molar-refractivity contribution in [3.63, 3.8) is 0 Å². The average Bonchev–Trinajstić information content (AvgIpc) is 2.75. The summed E-state index contributed by atoms with van der Waals surface area (Å²) in [5.74, 6) is 1.35. The SMILES string of the molecule is COc1ccc(OCC[NH+]2CC[NH+](CC(=O)NCc3ccccc3F)CC2)cc1. The first-order valence-electron chi connectivity index (χ1n) is 10.1. The van der Waals surface area contributed by atoms with Crippen molar-refractivity contribution in [1.29, 1.82) is 0 Å². The van der Waals surface area contributed by atoms with Crippen LogP contribution < -0.4 is 24.6 Å². The molecule has 0 radical (unpaired) electrons. The summed E-state index contributed by atoms with van der Waals surface area (Å²) >= 11 is 0. The van der Waals surface area contributed by atoms with E-state index in [4.69, 9.17) is 9.47 Å². The Bertz CT molecular complexity index is 777. The predicted molar refractivity (Wildman–Crippen MR) is 108 cm³/mol. The van der Waals surface area contributed by atoms with Crippen molar-refractivity contribution in [2.45, 2.75) is 6.54 Å². The van der Waals surface area contributed by atoms with E-state index >= 15 is 0 Å². The number of quaternary nitrogens is 2. The molecule has 3 N–H and O–H groups in total. The number of rotatable bonds is 9.